The summed E-state index contributed by atoms with van der Waals surface area (Å²) in [5, 5.41) is 0. The van der Waals surface area contributed by atoms with E-state index in [0.717, 1.165) is 44.9 Å². The maximum Gasteiger partial charge on any atom is 0.127 e. The SMILES string of the molecule is Cc1ccc(N(c2ccccc2)c2ccccc2)cc1-c1cc(F)c2c(c1)C(C)(C)C(C)(C)C2(C)C. The fraction of sp³-hybridized carbons (Fsp3) is 0.294. The summed E-state index contributed by atoms with van der Waals surface area (Å²) in [6.07, 6.45) is 0. The van der Waals surface area contributed by atoms with Gasteiger partial charge in [-0.25, -0.2) is 4.39 Å². The van der Waals surface area contributed by atoms with E-state index in [1.54, 1.807) is 6.07 Å². The van der Waals surface area contributed by atoms with Gasteiger partial charge < -0.3 is 4.90 Å². The van der Waals surface area contributed by atoms with Crippen molar-refractivity contribution in [1.82, 2.24) is 0 Å². The van der Waals surface area contributed by atoms with E-state index in [2.05, 4.69) is 126 Å². The van der Waals surface area contributed by atoms with Crippen molar-refractivity contribution in [2.45, 2.75) is 59.3 Å². The van der Waals surface area contributed by atoms with E-state index in [1.807, 2.05) is 12.1 Å². The number of hydrogen-bond acceptors (Lipinski definition) is 1. The van der Waals surface area contributed by atoms with Crippen LogP contribution in [0.1, 0.15) is 58.2 Å². The molecule has 0 aromatic heterocycles. The smallest absolute Gasteiger partial charge is 0.127 e. The Kier molecular flexibility index (Phi) is 5.63. The van der Waals surface area contributed by atoms with Crippen molar-refractivity contribution in [1.29, 1.82) is 0 Å². The van der Waals surface area contributed by atoms with Crippen LogP contribution >= 0.6 is 0 Å². The first-order valence-corrected chi connectivity index (χ1v) is 12.8. The summed E-state index contributed by atoms with van der Waals surface area (Å²) >= 11 is 0. The quantitative estimate of drug-likeness (QED) is 0.283. The Balaban J connectivity index is 1.70. The van der Waals surface area contributed by atoms with E-state index >= 15 is 4.39 Å². The minimum atomic E-state index is -0.261. The summed E-state index contributed by atoms with van der Waals surface area (Å²) in [6, 6.07) is 31.3. The molecule has 0 N–H and O–H groups in total. The highest BCUT2D eigenvalue weighted by Gasteiger charge is 2.58. The lowest BCUT2D eigenvalue weighted by Crippen LogP contribution is -2.42. The maximum atomic E-state index is 15.9. The summed E-state index contributed by atoms with van der Waals surface area (Å²) in [5.74, 6) is -0.0982. The molecule has 0 atom stereocenters. The molecule has 1 aliphatic carbocycles. The first-order valence-electron chi connectivity index (χ1n) is 12.8. The molecule has 0 spiro atoms. The third-order valence-corrected chi connectivity index (χ3v) is 9.33. The molecule has 0 fully saturated rings. The minimum Gasteiger partial charge on any atom is -0.310 e. The van der Waals surface area contributed by atoms with Gasteiger partial charge in [0.25, 0.3) is 0 Å². The van der Waals surface area contributed by atoms with Gasteiger partial charge in [0.15, 0.2) is 0 Å². The molecule has 0 saturated heterocycles. The van der Waals surface area contributed by atoms with E-state index in [9.17, 15) is 0 Å². The van der Waals surface area contributed by atoms with Crippen LogP contribution in [0, 0.1) is 18.2 Å². The second kappa shape index (κ2) is 8.34. The highest BCUT2D eigenvalue weighted by atomic mass is 19.1. The van der Waals surface area contributed by atoms with Crippen molar-refractivity contribution < 1.29 is 4.39 Å². The zero-order valence-electron chi connectivity index (χ0n) is 22.5. The lowest BCUT2D eigenvalue weighted by atomic mass is 9.59. The van der Waals surface area contributed by atoms with E-state index in [1.165, 1.54) is 0 Å². The molecule has 4 aromatic carbocycles. The highest BCUT2D eigenvalue weighted by Crippen LogP contribution is 2.62. The molecule has 36 heavy (non-hydrogen) atoms. The lowest BCUT2D eigenvalue weighted by molar-refractivity contribution is 0.123. The molecule has 0 aliphatic heterocycles. The lowest BCUT2D eigenvalue weighted by Gasteiger charge is -2.44. The number of para-hydroxylation sites is 2. The van der Waals surface area contributed by atoms with Crippen LogP contribution in [-0.4, -0.2) is 0 Å². The predicted molar refractivity (Wildman–Crippen MR) is 151 cm³/mol. The Morgan fingerprint density at radius 3 is 1.72 bits per heavy atom. The average Bonchev–Trinajstić information content (AvgIpc) is 2.96. The van der Waals surface area contributed by atoms with Crippen LogP contribution < -0.4 is 4.90 Å². The fourth-order valence-corrected chi connectivity index (χ4v) is 5.98. The molecule has 0 heterocycles. The Bertz CT molecular complexity index is 1380. The Morgan fingerprint density at radius 2 is 1.17 bits per heavy atom. The number of halogens is 1. The van der Waals surface area contributed by atoms with E-state index in [4.69, 9.17) is 0 Å². The number of hydrogen-bond donors (Lipinski definition) is 0. The molecular formula is C34H36FN. The molecule has 0 amide bonds. The predicted octanol–water partition coefficient (Wildman–Crippen LogP) is 9.87. The van der Waals surface area contributed by atoms with Crippen LogP contribution in [-0.2, 0) is 10.8 Å². The molecule has 0 bridgehead atoms. The van der Waals surface area contributed by atoms with Gasteiger partial charge in [0.2, 0.25) is 0 Å². The Labute approximate surface area is 215 Å². The van der Waals surface area contributed by atoms with Crippen LogP contribution in [0.25, 0.3) is 11.1 Å². The van der Waals surface area contributed by atoms with Gasteiger partial charge in [-0.3, -0.25) is 0 Å². The Hall–Kier alpha value is -3.39. The highest BCUT2D eigenvalue weighted by molar-refractivity contribution is 5.81. The number of aryl methyl sites for hydroxylation is 1. The van der Waals surface area contributed by atoms with Gasteiger partial charge in [0.05, 0.1) is 0 Å². The summed E-state index contributed by atoms with van der Waals surface area (Å²) in [4.78, 5) is 2.25. The average molecular weight is 478 g/mol. The van der Waals surface area contributed by atoms with Crippen LogP contribution in [0.15, 0.2) is 91.0 Å². The van der Waals surface area contributed by atoms with Gasteiger partial charge >= 0.3 is 0 Å². The van der Waals surface area contributed by atoms with Crippen molar-refractivity contribution in [3.63, 3.8) is 0 Å². The topological polar surface area (TPSA) is 3.24 Å². The zero-order valence-corrected chi connectivity index (χ0v) is 22.5. The molecular weight excluding hydrogens is 441 g/mol. The summed E-state index contributed by atoms with van der Waals surface area (Å²) in [7, 11) is 0. The zero-order chi connectivity index (χ0) is 25.9. The van der Waals surface area contributed by atoms with Gasteiger partial charge in [0.1, 0.15) is 5.82 Å². The Morgan fingerprint density at radius 1 is 0.611 bits per heavy atom. The summed E-state index contributed by atoms with van der Waals surface area (Å²) in [5.41, 5.74) is 7.84. The molecule has 4 aromatic rings. The van der Waals surface area contributed by atoms with Crippen LogP contribution in [0.3, 0.4) is 0 Å². The van der Waals surface area contributed by atoms with Gasteiger partial charge in [0, 0.05) is 17.1 Å². The van der Waals surface area contributed by atoms with Crippen molar-refractivity contribution >= 4 is 17.1 Å². The molecule has 1 nitrogen and oxygen atoms in total. The van der Waals surface area contributed by atoms with Crippen molar-refractivity contribution in [2.75, 3.05) is 4.90 Å². The fourth-order valence-electron chi connectivity index (χ4n) is 5.98. The normalized spacial score (nSPS) is 17.0. The first kappa shape index (κ1) is 24.3. The maximum absolute atomic E-state index is 15.9. The second-order valence-corrected chi connectivity index (χ2v) is 11.8. The molecule has 1 aliphatic rings. The van der Waals surface area contributed by atoms with E-state index < -0.39 is 0 Å². The largest absolute Gasteiger partial charge is 0.310 e. The van der Waals surface area contributed by atoms with E-state index in [0.29, 0.717) is 0 Å². The summed E-state index contributed by atoms with van der Waals surface area (Å²) in [6.45, 7) is 15.6. The van der Waals surface area contributed by atoms with Crippen molar-refractivity contribution in [3.05, 3.63) is 114 Å². The monoisotopic (exact) mass is 477 g/mol. The van der Waals surface area contributed by atoms with E-state index in [-0.39, 0.29) is 22.1 Å². The molecule has 5 rings (SSSR count). The second-order valence-electron chi connectivity index (χ2n) is 11.8. The molecule has 2 heteroatoms. The standard InChI is InChI=1S/C34H36FN/c1-23-18-19-27(36(25-14-10-8-11-15-25)26-16-12-9-13-17-26)22-28(23)24-20-29-31(30(35)21-24)33(4,5)34(6,7)32(29,2)3/h8-22H,1-7H3. The molecule has 0 radical (unpaired) electrons. The van der Waals surface area contributed by atoms with Crippen molar-refractivity contribution in [3.8, 4) is 11.1 Å². The van der Waals surface area contributed by atoms with Gasteiger partial charge in [-0.15, -0.1) is 0 Å². The third-order valence-electron chi connectivity index (χ3n) is 9.33. The number of benzene rings is 4. The van der Waals surface area contributed by atoms with Gasteiger partial charge in [-0.2, -0.15) is 0 Å². The van der Waals surface area contributed by atoms with Crippen molar-refractivity contribution in [2.24, 2.45) is 5.41 Å². The minimum absolute atomic E-state index is 0.0872. The van der Waals surface area contributed by atoms with Crippen LogP contribution in [0.5, 0.6) is 0 Å². The van der Waals surface area contributed by atoms with Gasteiger partial charge in [-0.05, 0) is 93.5 Å². The third kappa shape index (κ3) is 3.50. The van der Waals surface area contributed by atoms with Crippen LogP contribution in [0.2, 0.25) is 0 Å². The number of anilines is 3. The first-order chi connectivity index (χ1) is 17.0. The molecule has 184 valence electrons. The summed E-state index contributed by atoms with van der Waals surface area (Å²) < 4.78 is 15.9. The number of fused-ring (bicyclic) bond motifs is 1. The van der Waals surface area contributed by atoms with Crippen LogP contribution in [0.4, 0.5) is 21.5 Å². The number of nitrogens with zero attached hydrogens (tertiary/aromatic N) is 1. The number of rotatable bonds is 4. The van der Waals surface area contributed by atoms with Gasteiger partial charge in [-0.1, -0.05) is 90.1 Å². The molecule has 0 saturated carbocycles. The molecule has 0 unspecified atom stereocenters.